The van der Waals surface area contributed by atoms with Gasteiger partial charge in [-0.15, -0.1) is 0 Å². The molecule has 0 fully saturated rings. The van der Waals surface area contributed by atoms with Crippen molar-refractivity contribution in [3.8, 4) is 0 Å². The number of hydrogen-bond acceptors (Lipinski definition) is 6. The summed E-state index contributed by atoms with van der Waals surface area (Å²) in [7, 11) is -5.84. The maximum atomic E-state index is 14.3. The summed E-state index contributed by atoms with van der Waals surface area (Å²) in [6.07, 6.45) is -0.717. The summed E-state index contributed by atoms with van der Waals surface area (Å²) in [6.45, 7) is -0.391. The van der Waals surface area contributed by atoms with Gasteiger partial charge in [0.05, 0.1) is 5.56 Å². The van der Waals surface area contributed by atoms with Crippen LogP contribution in [0.1, 0.15) is 38.2 Å². The van der Waals surface area contributed by atoms with Gasteiger partial charge in [-0.05, 0) is 47.2 Å². The SMILES string of the molecule is O=C(O)c1ccc(CC(Cc2ccc(C(F)(F)P(=O)(O)O)cc2)(C(=O)OCc2ccccc2)C(=O)OCc2ccccc2)cc1. The zero-order valence-electron chi connectivity index (χ0n) is 23.7. The first-order valence-corrected chi connectivity index (χ1v) is 15.2. The third-order valence-electron chi connectivity index (χ3n) is 7.09. The van der Waals surface area contributed by atoms with Gasteiger partial charge in [-0.1, -0.05) is 97.1 Å². The van der Waals surface area contributed by atoms with Gasteiger partial charge in [0.15, 0.2) is 5.41 Å². The van der Waals surface area contributed by atoms with E-state index in [1.54, 1.807) is 60.7 Å². The fourth-order valence-corrected chi connectivity index (χ4v) is 5.10. The molecule has 234 valence electrons. The van der Waals surface area contributed by atoms with E-state index in [0.717, 1.165) is 24.3 Å². The van der Waals surface area contributed by atoms with E-state index in [0.29, 0.717) is 16.7 Å². The van der Waals surface area contributed by atoms with Gasteiger partial charge < -0.3 is 24.4 Å². The number of esters is 2. The molecule has 4 aromatic rings. The molecular formula is C33H29F2O9P. The largest absolute Gasteiger partial charge is 0.478 e. The second kappa shape index (κ2) is 13.9. The number of alkyl halides is 2. The fourth-order valence-electron chi connectivity index (χ4n) is 4.61. The van der Waals surface area contributed by atoms with Crippen LogP contribution in [0.25, 0.3) is 0 Å². The molecule has 0 unspecified atom stereocenters. The van der Waals surface area contributed by atoms with E-state index in [1.165, 1.54) is 24.3 Å². The first kappa shape index (κ1) is 33.2. The number of halogens is 2. The highest BCUT2D eigenvalue weighted by molar-refractivity contribution is 7.52. The highest BCUT2D eigenvalue weighted by atomic mass is 31.2. The Balaban J connectivity index is 1.75. The average molecular weight is 639 g/mol. The number of carbonyl (C=O) groups excluding carboxylic acids is 2. The number of ether oxygens (including phenoxy) is 2. The number of aromatic carboxylic acids is 1. The lowest BCUT2D eigenvalue weighted by Crippen LogP contribution is -2.45. The second-order valence-electron chi connectivity index (χ2n) is 10.3. The number of carbonyl (C=O) groups is 3. The molecule has 45 heavy (non-hydrogen) atoms. The van der Waals surface area contributed by atoms with E-state index in [1.807, 2.05) is 0 Å². The zero-order valence-corrected chi connectivity index (χ0v) is 24.6. The van der Waals surface area contributed by atoms with Crippen LogP contribution in [-0.4, -0.2) is 32.8 Å². The van der Waals surface area contributed by atoms with Crippen LogP contribution in [0, 0.1) is 5.41 Å². The molecule has 0 bridgehead atoms. The Labute approximate surface area is 257 Å². The van der Waals surface area contributed by atoms with Crippen LogP contribution < -0.4 is 0 Å². The monoisotopic (exact) mass is 638 g/mol. The van der Waals surface area contributed by atoms with Crippen molar-refractivity contribution in [2.24, 2.45) is 5.41 Å². The van der Waals surface area contributed by atoms with Crippen LogP contribution >= 0.6 is 7.60 Å². The van der Waals surface area contributed by atoms with Crippen molar-refractivity contribution in [2.75, 3.05) is 0 Å². The van der Waals surface area contributed by atoms with Gasteiger partial charge in [0.2, 0.25) is 0 Å². The van der Waals surface area contributed by atoms with E-state index in [2.05, 4.69) is 0 Å². The Hall–Kier alpha value is -4.70. The summed E-state index contributed by atoms with van der Waals surface area (Å²) in [5, 5.41) is 9.32. The Morgan fingerprint density at radius 1 is 0.622 bits per heavy atom. The molecule has 0 aliphatic heterocycles. The van der Waals surface area contributed by atoms with Gasteiger partial charge >= 0.3 is 31.2 Å². The summed E-state index contributed by atoms with van der Waals surface area (Å²) >= 11 is 0. The molecule has 0 saturated carbocycles. The molecule has 3 N–H and O–H groups in total. The van der Waals surface area contributed by atoms with Crippen molar-refractivity contribution >= 4 is 25.5 Å². The predicted octanol–water partition coefficient (Wildman–Crippen LogP) is 5.87. The summed E-state index contributed by atoms with van der Waals surface area (Å²) in [4.78, 5) is 57.6. The molecule has 0 aliphatic carbocycles. The van der Waals surface area contributed by atoms with Crippen LogP contribution in [-0.2, 0) is 55.3 Å². The van der Waals surface area contributed by atoms with E-state index in [9.17, 15) is 32.8 Å². The van der Waals surface area contributed by atoms with Crippen molar-refractivity contribution in [1.29, 1.82) is 0 Å². The predicted molar refractivity (Wildman–Crippen MR) is 158 cm³/mol. The molecule has 0 aromatic heterocycles. The van der Waals surface area contributed by atoms with Gasteiger partial charge in [0.25, 0.3) is 0 Å². The maximum Gasteiger partial charge on any atom is 0.399 e. The van der Waals surface area contributed by atoms with Crippen LogP contribution in [0.4, 0.5) is 8.78 Å². The van der Waals surface area contributed by atoms with Crippen molar-refractivity contribution in [3.63, 3.8) is 0 Å². The Kier molecular flexibility index (Phi) is 10.3. The first-order chi connectivity index (χ1) is 21.3. The Morgan fingerprint density at radius 3 is 1.40 bits per heavy atom. The lowest BCUT2D eigenvalue weighted by molar-refractivity contribution is -0.174. The second-order valence-corrected chi connectivity index (χ2v) is 12.0. The lowest BCUT2D eigenvalue weighted by Gasteiger charge is -2.30. The molecular weight excluding hydrogens is 609 g/mol. The molecule has 9 nitrogen and oxygen atoms in total. The normalized spacial score (nSPS) is 11.9. The topological polar surface area (TPSA) is 147 Å². The van der Waals surface area contributed by atoms with Crippen LogP contribution in [0.2, 0.25) is 0 Å². The van der Waals surface area contributed by atoms with Crippen LogP contribution in [0.5, 0.6) is 0 Å². The molecule has 0 heterocycles. The summed E-state index contributed by atoms with van der Waals surface area (Å²) in [5.41, 5.74) is -5.68. The standard InChI is InChI=1S/C33H29F2O9P/c34-33(35,45(40,41)42)28-17-13-24(14-18-28)20-32(19-23-11-15-27(16-12-23)29(36)37,30(38)43-21-25-7-3-1-4-8-25)31(39)44-22-26-9-5-2-6-10-26/h1-18H,19-22H2,(H,36,37)(H2,40,41,42). The number of benzene rings is 4. The van der Waals surface area contributed by atoms with Gasteiger partial charge in [-0.25, -0.2) is 4.79 Å². The van der Waals surface area contributed by atoms with E-state index in [4.69, 9.17) is 19.3 Å². The van der Waals surface area contributed by atoms with Gasteiger partial charge in [0, 0.05) is 5.56 Å². The van der Waals surface area contributed by atoms with Gasteiger partial charge in [-0.3, -0.25) is 14.2 Å². The molecule has 4 rings (SSSR count). The lowest BCUT2D eigenvalue weighted by atomic mass is 9.76. The molecule has 0 aliphatic rings. The smallest absolute Gasteiger partial charge is 0.399 e. The van der Waals surface area contributed by atoms with E-state index >= 15 is 0 Å². The number of hydrogen-bond donors (Lipinski definition) is 3. The van der Waals surface area contributed by atoms with Crippen LogP contribution in [0.3, 0.4) is 0 Å². The van der Waals surface area contributed by atoms with Crippen LogP contribution in [0.15, 0.2) is 109 Å². The minimum absolute atomic E-state index is 0.0239. The third kappa shape index (κ3) is 8.07. The first-order valence-electron chi connectivity index (χ1n) is 13.6. The number of carboxylic acid groups (broad SMARTS) is 1. The van der Waals surface area contributed by atoms with Crippen molar-refractivity contribution in [1.82, 2.24) is 0 Å². The summed E-state index contributed by atoms with van der Waals surface area (Å²) in [5.74, 6) is -3.13. The molecule has 4 aromatic carbocycles. The molecule has 0 radical (unpaired) electrons. The summed E-state index contributed by atoms with van der Waals surface area (Å²) in [6, 6.07) is 26.8. The molecule has 12 heteroatoms. The quantitative estimate of drug-likeness (QED) is 0.0929. The third-order valence-corrected chi connectivity index (χ3v) is 8.08. The number of carboxylic acids is 1. The molecule has 0 amide bonds. The maximum absolute atomic E-state index is 14.3. The van der Waals surface area contributed by atoms with Crippen molar-refractivity contribution < 1.29 is 52.1 Å². The van der Waals surface area contributed by atoms with E-state index in [-0.39, 0.29) is 30.8 Å². The van der Waals surface area contributed by atoms with Crippen molar-refractivity contribution in [2.45, 2.75) is 31.7 Å². The van der Waals surface area contributed by atoms with E-state index < -0.39 is 48.6 Å². The highest BCUT2D eigenvalue weighted by Gasteiger charge is 2.51. The Bertz CT molecular complexity index is 1620. The Morgan fingerprint density at radius 2 is 1.02 bits per heavy atom. The molecule has 0 spiro atoms. The zero-order chi connectivity index (χ0) is 32.7. The fraction of sp³-hybridized carbons (Fsp3) is 0.182. The van der Waals surface area contributed by atoms with Gasteiger partial charge in [-0.2, -0.15) is 8.78 Å². The molecule has 0 saturated heterocycles. The minimum Gasteiger partial charge on any atom is -0.478 e. The average Bonchev–Trinajstić information content (AvgIpc) is 3.03. The molecule has 0 atom stereocenters. The highest BCUT2D eigenvalue weighted by Crippen LogP contribution is 2.59. The minimum atomic E-state index is -5.84. The number of rotatable bonds is 13. The van der Waals surface area contributed by atoms with Crippen molar-refractivity contribution in [3.05, 3.63) is 143 Å². The van der Waals surface area contributed by atoms with Gasteiger partial charge in [0.1, 0.15) is 13.2 Å². The summed E-state index contributed by atoms with van der Waals surface area (Å²) < 4.78 is 51.3.